The van der Waals surface area contributed by atoms with Gasteiger partial charge in [-0.1, -0.05) is 12.1 Å². The maximum absolute atomic E-state index is 12.4. The Kier molecular flexibility index (Phi) is 3.46. The molecule has 0 amide bonds. The van der Waals surface area contributed by atoms with Gasteiger partial charge in [-0.25, -0.2) is 0 Å². The Morgan fingerprint density at radius 1 is 1.11 bits per heavy atom. The molecule has 0 saturated carbocycles. The van der Waals surface area contributed by atoms with Crippen LogP contribution >= 0.6 is 0 Å². The summed E-state index contributed by atoms with van der Waals surface area (Å²) in [4.78, 5) is 11.8. The fraction of sp³-hybridized carbons (Fsp3) is 0.214. The van der Waals surface area contributed by atoms with E-state index >= 15 is 0 Å². The lowest BCUT2D eigenvalue weighted by Gasteiger charge is -2.06. The molecule has 0 aliphatic carbocycles. The SMILES string of the molecule is Cc1ccc(C(=O)Cc2ccc(C(F)(F)F)cc2)o1. The number of hydrogen-bond donors (Lipinski definition) is 0. The van der Waals surface area contributed by atoms with Gasteiger partial charge in [0.05, 0.1) is 5.56 Å². The number of carbonyl (C=O) groups excluding carboxylic acids is 1. The Balaban J connectivity index is 2.10. The molecule has 0 unspecified atom stereocenters. The number of halogens is 3. The number of hydrogen-bond acceptors (Lipinski definition) is 2. The smallest absolute Gasteiger partial charge is 0.416 e. The van der Waals surface area contributed by atoms with Crippen LogP contribution in [0.1, 0.15) is 27.4 Å². The van der Waals surface area contributed by atoms with E-state index in [9.17, 15) is 18.0 Å². The van der Waals surface area contributed by atoms with Crippen molar-refractivity contribution in [1.29, 1.82) is 0 Å². The summed E-state index contributed by atoms with van der Waals surface area (Å²) in [6, 6.07) is 7.76. The maximum atomic E-state index is 12.4. The van der Waals surface area contributed by atoms with Crippen molar-refractivity contribution in [2.24, 2.45) is 0 Å². The number of benzene rings is 1. The van der Waals surface area contributed by atoms with Gasteiger partial charge in [0.25, 0.3) is 0 Å². The van der Waals surface area contributed by atoms with Crippen LogP contribution in [0.3, 0.4) is 0 Å². The molecule has 0 bridgehead atoms. The van der Waals surface area contributed by atoms with Crippen LogP contribution in [0.25, 0.3) is 0 Å². The van der Waals surface area contributed by atoms with Gasteiger partial charge in [0.1, 0.15) is 5.76 Å². The summed E-state index contributed by atoms with van der Waals surface area (Å²) in [6.07, 6.45) is -4.34. The molecule has 2 rings (SSSR count). The summed E-state index contributed by atoms with van der Waals surface area (Å²) in [5, 5.41) is 0. The third-order valence-electron chi connectivity index (χ3n) is 2.66. The molecule has 100 valence electrons. The Morgan fingerprint density at radius 2 is 1.74 bits per heavy atom. The van der Waals surface area contributed by atoms with E-state index in [0.29, 0.717) is 11.3 Å². The van der Waals surface area contributed by atoms with Gasteiger partial charge in [-0.15, -0.1) is 0 Å². The number of furan rings is 1. The summed E-state index contributed by atoms with van der Waals surface area (Å²) >= 11 is 0. The second kappa shape index (κ2) is 4.91. The zero-order chi connectivity index (χ0) is 14.0. The van der Waals surface area contributed by atoms with E-state index < -0.39 is 11.7 Å². The average Bonchev–Trinajstić information content (AvgIpc) is 2.75. The molecule has 1 aromatic heterocycles. The first kappa shape index (κ1) is 13.4. The quantitative estimate of drug-likeness (QED) is 0.787. The predicted octanol–water partition coefficient (Wildman–Crippen LogP) is 4.03. The molecule has 0 spiro atoms. The van der Waals surface area contributed by atoms with E-state index in [0.717, 1.165) is 12.1 Å². The molecule has 0 saturated heterocycles. The van der Waals surface area contributed by atoms with Gasteiger partial charge in [-0.2, -0.15) is 13.2 Å². The minimum Gasteiger partial charge on any atom is -0.458 e. The van der Waals surface area contributed by atoms with Crippen LogP contribution in [0.15, 0.2) is 40.8 Å². The van der Waals surface area contributed by atoms with Gasteiger partial charge >= 0.3 is 6.18 Å². The predicted molar refractivity (Wildman–Crippen MR) is 62.9 cm³/mol. The highest BCUT2D eigenvalue weighted by Gasteiger charge is 2.30. The van der Waals surface area contributed by atoms with E-state index in [1.165, 1.54) is 12.1 Å². The average molecular weight is 268 g/mol. The van der Waals surface area contributed by atoms with Crippen molar-refractivity contribution in [3.05, 3.63) is 59.0 Å². The van der Waals surface area contributed by atoms with Crippen molar-refractivity contribution in [3.8, 4) is 0 Å². The van der Waals surface area contributed by atoms with Crippen molar-refractivity contribution >= 4 is 5.78 Å². The molecule has 0 radical (unpaired) electrons. The number of aryl methyl sites for hydroxylation is 1. The molecule has 0 aliphatic rings. The second-order valence-corrected chi connectivity index (χ2v) is 4.20. The zero-order valence-corrected chi connectivity index (χ0v) is 10.1. The van der Waals surface area contributed by atoms with E-state index in [2.05, 4.69) is 0 Å². The van der Waals surface area contributed by atoms with Crippen LogP contribution in [0.4, 0.5) is 13.2 Å². The van der Waals surface area contributed by atoms with E-state index in [1.807, 2.05) is 0 Å². The van der Waals surface area contributed by atoms with Crippen LogP contribution < -0.4 is 0 Å². The number of Topliss-reactive ketones (excluding diaryl/α,β-unsaturated/α-hetero) is 1. The summed E-state index contributed by atoms with van der Waals surface area (Å²) < 4.78 is 42.3. The monoisotopic (exact) mass is 268 g/mol. The van der Waals surface area contributed by atoms with Crippen molar-refractivity contribution in [3.63, 3.8) is 0 Å². The molecule has 0 aliphatic heterocycles. The van der Waals surface area contributed by atoms with E-state index in [4.69, 9.17) is 4.42 Å². The fourth-order valence-electron chi connectivity index (χ4n) is 1.67. The van der Waals surface area contributed by atoms with Gasteiger partial charge in [0.2, 0.25) is 5.78 Å². The van der Waals surface area contributed by atoms with Crippen molar-refractivity contribution in [2.75, 3.05) is 0 Å². The Bertz CT molecular complexity index is 579. The fourth-order valence-corrected chi connectivity index (χ4v) is 1.67. The first-order valence-electron chi connectivity index (χ1n) is 5.62. The maximum Gasteiger partial charge on any atom is 0.416 e. The number of ketones is 1. The summed E-state index contributed by atoms with van der Waals surface area (Å²) in [7, 11) is 0. The third kappa shape index (κ3) is 3.24. The molecule has 1 heterocycles. The Morgan fingerprint density at radius 3 is 2.21 bits per heavy atom. The van der Waals surface area contributed by atoms with Crippen molar-refractivity contribution in [1.82, 2.24) is 0 Å². The van der Waals surface area contributed by atoms with Gasteiger partial charge in [-0.05, 0) is 36.8 Å². The summed E-state index contributed by atoms with van der Waals surface area (Å²) in [5.41, 5.74) is -0.204. The first-order valence-corrected chi connectivity index (χ1v) is 5.62. The van der Waals surface area contributed by atoms with Crippen LogP contribution in [0.5, 0.6) is 0 Å². The molecular weight excluding hydrogens is 257 g/mol. The second-order valence-electron chi connectivity index (χ2n) is 4.20. The summed E-state index contributed by atoms with van der Waals surface area (Å²) in [5.74, 6) is 0.584. The molecule has 1 aromatic carbocycles. The highest BCUT2D eigenvalue weighted by atomic mass is 19.4. The number of alkyl halides is 3. The van der Waals surface area contributed by atoms with Gasteiger partial charge in [-0.3, -0.25) is 4.79 Å². The molecule has 0 atom stereocenters. The minimum atomic E-state index is -4.36. The Labute approximate surface area is 107 Å². The largest absolute Gasteiger partial charge is 0.458 e. The van der Waals surface area contributed by atoms with Gasteiger partial charge in [0.15, 0.2) is 5.76 Å². The highest BCUT2D eigenvalue weighted by Crippen LogP contribution is 2.29. The third-order valence-corrected chi connectivity index (χ3v) is 2.66. The van der Waals surface area contributed by atoms with Crippen LogP contribution in [-0.2, 0) is 12.6 Å². The van der Waals surface area contributed by atoms with E-state index in [-0.39, 0.29) is 18.0 Å². The number of carbonyl (C=O) groups is 1. The van der Waals surface area contributed by atoms with Crippen molar-refractivity contribution in [2.45, 2.75) is 19.5 Å². The standard InChI is InChI=1S/C14H11F3O2/c1-9-2-7-13(19-9)12(18)8-10-3-5-11(6-4-10)14(15,16)17/h2-7H,8H2,1H3. The lowest BCUT2D eigenvalue weighted by molar-refractivity contribution is -0.137. The molecule has 19 heavy (non-hydrogen) atoms. The molecule has 2 nitrogen and oxygen atoms in total. The molecule has 5 heteroatoms. The normalized spacial score (nSPS) is 11.6. The molecule has 0 fully saturated rings. The zero-order valence-electron chi connectivity index (χ0n) is 10.1. The van der Waals surface area contributed by atoms with Crippen LogP contribution in [0.2, 0.25) is 0 Å². The lowest BCUT2D eigenvalue weighted by atomic mass is 10.1. The van der Waals surface area contributed by atoms with Crippen molar-refractivity contribution < 1.29 is 22.4 Å². The van der Waals surface area contributed by atoms with Crippen LogP contribution in [0, 0.1) is 6.92 Å². The Hall–Kier alpha value is -2.04. The highest BCUT2D eigenvalue weighted by molar-refractivity contribution is 5.95. The first-order chi connectivity index (χ1) is 8.86. The minimum absolute atomic E-state index is 0.0189. The summed E-state index contributed by atoms with van der Waals surface area (Å²) in [6.45, 7) is 1.72. The van der Waals surface area contributed by atoms with E-state index in [1.54, 1.807) is 19.1 Å². The van der Waals surface area contributed by atoms with Gasteiger partial charge < -0.3 is 4.42 Å². The topological polar surface area (TPSA) is 30.2 Å². The van der Waals surface area contributed by atoms with Crippen LogP contribution in [-0.4, -0.2) is 5.78 Å². The number of rotatable bonds is 3. The molecular formula is C14H11F3O2. The van der Waals surface area contributed by atoms with Gasteiger partial charge in [0, 0.05) is 6.42 Å². The molecule has 0 N–H and O–H groups in total. The lowest BCUT2D eigenvalue weighted by Crippen LogP contribution is -2.06. The molecule has 2 aromatic rings.